The van der Waals surface area contributed by atoms with Crippen LogP contribution in [0.3, 0.4) is 0 Å². The fourth-order valence-corrected chi connectivity index (χ4v) is 3.89. The van der Waals surface area contributed by atoms with Gasteiger partial charge in [0.2, 0.25) is 5.95 Å². The number of pyridine rings is 1. The minimum atomic E-state index is 0.293. The van der Waals surface area contributed by atoms with E-state index in [4.69, 9.17) is 9.72 Å². The fourth-order valence-electron chi connectivity index (χ4n) is 3.89. The van der Waals surface area contributed by atoms with E-state index >= 15 is 0 Å². The van der Waals surface area contributed by atoms with Crippen LogP contribution >= 0.6 is 0 Å². The first kappa shape index (κ1) is 18.7. The Hall–Kier alpha value is -3.26. The van der Waals surface area contributed by atoms with Crippen molar-refractivity contribution in [3.05, 3.63) is 42.5 Å². The Labute approximate surface area is 174 Å². The van der Waals surface area contributed by atoms with E-state index < -0.39 is 0 Å². The molecule has 1 N–H and O–H groups in total. The van der Waals surface area contributed by atoms with Crippen LogP contribution in [0.15, 0.2) is 36.9 Å². The zero-order chi connectivity index (χ0) is 20.7. The molecule has 30 heavy (non-hydrogen) atoms. The van der Waals surface area contributed by atoms with E-state index in [0.29, 0.717) is 17.8 Å². The number of aromatic nitrogens is 5. The summed E-state index contributed by atoms with van der Waals surface area (Å²) in [6.45, 7) is 9.65. The number of fused-ring (bicyclic) bond motifs is 3. The Morgan fingerprint density at radius 2 is 1.90 bits per heavy atom. The summed E-state index contributed by atoms with van der Waals surface area (Å²) in [6.07, 6.45) is 5.64. The summed E-state index contributed by atoms with van der Waals surface area (Å²) >= 11 is 0. The molecule has 0 amide bonds. The summed E-state index contributed by atoms with van der Waals surface area (Å²) in [5, 5.41) is 4.28. The molecule has 4 aromatic rings. The first-order valence-corrected chi connectivity index (χ1v) is 10.3. The largest absolute Gasteiger partial charge is 0.378 e. The van der Waals surface area contributed by atoms with E-state index in [1.54, 1.807) is 0 Å². The van der Waals surface area contributed by atoms with Crippen LogP contribution in [0.1, 0.15) is 25.5 Å². The van der Waals surface area contributed by atoms with Gasteiger partial charge in [-0.2, -0.15) is 0 Å². The van der Waals surface area contributed by atoms with Gasteiger partial charge in [-0.3, -0.25) is 0 Å². The molecule has 8 nitrogen and oxygen atoms in total. The van der Waals surface area contributed by atoms with Gasteiger partial charge in [0.25, 0.3) is 0 Å². The second kappa shape index (κ2) is 7.53. The molecule has 0 saturated carbocycles. The van der Waals surface area contributed by atoms with Gasteiger partial charge >= 0.3 is 0 Å². The van der Waals surface area contributed by atoms with Crippen molar-refractivity contribution in [1.29, 1.82) is 0 Å². The molecule has 0 aliphatic carbocycles. The number of aryl methyl sites for hydroxylation is 1. The number of ether oxygens (including phenoxy) is 1. The predicted molar refractivity (Wildman–Crippen MR) is 119 cm³/mol. The standard InChI is InChI=1S/C22H25N7O/c1-14(2)29-13-25-18-10-15(3)17-12-24-22(27-20(17)21(18)29)26-19-5-4-16(11-23-19)28-6-8-30-9-7-28/h4-5,10-14H,6-9H2,1-3H3,(H,23,24,26,27). The highest BCUT2D eigenvalue weighted by molar-refractivity contribution is 6.03. The summed E-state index contributed by atoms with van der Waals surface area (Å²) < 4.78 is 7.57. The van der Waals surface area contributed by atoms with Crippen molar-refractivity contribution >= 4 is 39.4 Å². The molecule has 8 heteroatoms. The normalized spacial score (nSPS) is 14.7. The van der Waals surface area contributed by atoms with Crippen LogP contribution in [0.5, 0.6) is 0 Å². The Morgan fingerprint density at radius 1 is 1.07 bits per heavy atom. The number of anilines is 3. The van der Waals surface area contributed by atoms with Crippen molar-refractivity contribution in [2.24, 2.45) is 0 Å². The number of rotatable bonds is 4. The maximum absolute atomic E-state index is 5.42. The SMILES string of the molecule is Cc1cc2ncn(C(C)C)c2c2nc(Nc3ccc(N4CCOCC4)cn3)ncc12. The first-order valence-electron chi connectivity index (χ1n) is 10.3. The molecule has 154 valence electrons. The highest BCUT2D eigenvalue weighted by atomic mass is 16.5. The Morgan fingerprint density at radius 3 is 2.63 bits per heavy atom. The fraction of sp³-hybridized carbons (Fsp3) is 0.364. The van der Waals surface area contributed by atoms with Crippen molar-refractivity contribution in [1.82, 2.24) is 24.5 Å². The Kier molecular flexibility index (Phi) is 4.71. The zero-order valence-electron chi connectivity index (χ0n) is 17.5. The molecule has 1 fully saturated rings. The molecular weight excluding hydrogens is 378 g/mol. The molecule has 1 aliphatic rings. The third kappa shape index (κ3) is 3.33. The molecule has 0 bridgehead atoms. The lowest BCUT2D eigenvalue weighted by Gasteiger charge is -2.28. The van der Waals surface area contributed by atoms with Gasteiger partial charge in [0.1, 0.15) is 11.3 Å². The van der Waals surface area contributed by atoms with Gasteiger partial charge in [-0.1, -0.05) is 0 Å². The Balaban J connectivity index is 1.49. The van der Waals surface area contributed by atoms with E-state index in [9.17, 15) is 0 Å². The summed E-state index contributed by atoms with van der Waals surface area (Å²) in [5.41, 5.74) is 5.10. The number of hydrogen-bond acceptors (Lipinski definition) is 7. The molecule has 0 radical (unpaired) electrons. The molecule has 1 aliphatic heterocycles. The number of imidazole rings is 1. The van der Waals surface area contributed by atoms with Crippen LogP contribution in [0.4, 0.5) is 17.5 Å². The molecule has 0 unspecified atom stereocenters. The van der Waals surface area contributed by atoms with Crippen molar-refractivity contribution in [2.75, 3.05) is 36.5 Å². The van der Waals surface area contributed by atoms with Crippen LogP contribution in [0, 0.1) is 6.92 Å². The molecule has 3 aromatic heterocycles. The topological polar surface area (TPSA) is 81.0 Å². The van der Waals surface area contributed by atoms with Gasteiger partial charge in [-0.15, -0.1) is 0 Å². The van der Waals surface area contributed by atoms with Gasteiger partial charge in [-0.05, 0) is 44.5 Å². The lowest BCUT2D eigenvalue weighted by atomic mass is 10.1. The zero-order valence-corrected chi connectivity index (χ0v) is 17.5. The molecule has 1 aromatic carbocycles. The van der Waals surface area contributed by atoms with Crippen molar-refractivity contribution in [3.63, 3.8) is 0 Å². The van der Waals surface area contributed by atoms with Gasteiger partial charge in [0.15, 0.2) is 0 Å². The average molecular weight is 403 g/mol. The number of hydrogen-bond donors (Lipinski definition) is 1. The first-order chi connectivity index (χ1) is 14.6. The van der Waals surface area contributed by atoms with Crippen LogP contribution in [-0.2, 0) is 4.74 Å². The molecule has 0 spiro atoms. The van der Waals surface area contributed by atoms with E-state index in [0.717, 1.165) is 59.5 Å². The summed E-state index contributed by atoms with van der Waals surface area (Å²) in [5.74, 6) is 1.24. The third-order valence-corrected chi connectivity index (χ3v) is 5.53. The van der Waals surface area contributed by atoms with Gasteiger partial charge in [0, 0.05) is 30.7 Å². The van der Waals surface area contributed by atoms with E-state index in [2.05, 4.69) is 62.6 Å². The van der Waals surface area contributed by atoms with E-state index in [1.807, 2.05) is 24.8 Å². The van der Waals surface area contributed by atoms with Crippen molar-refractivity contribution < 1.29 is 4.74 Å². The maximum Gasteiger partial charge on any atom is 0.228 e. The third-order valence-electron chi connectivity index (χ3n) is 5.53. The van der Waals surface area contributed by atoms with Crippen molar-refractivity contribution in [3.8, 4) is 0 Å². The monoisotopic (exact) mass is 403 g/mol. The van der Waals surface area contributed by atoms with Crippen LogP contribution in [-0.4, -0.2) is 50.8 Å². The summed E-state index contributed by atoms with van der Waals surface area (Å²) in [7, 11) is 0. The smallest absolute Gasteiger partial charge is 0.228 e. The second-order valence-corrected chi connectivity index (χ2v) is 7.89. The molecule has 0 atom stereocenters. The maximum atomic E-state index is 5.42. The highest BCUT2D eigenvalue weighted by Crippen LogP contribution is 2.29. The lowest BCUT2D eigenvalue weighted by molar-refractivity contribution is 0.122. The van der Waals surface area contributed by atoms with Crippen molar-refractivity contribution in [2.45, 2.75) is 26.8 Å². The van der Waals surface area contributed by atoms with Gasteiger partial charge in [0.05, 0.1) is 42.5 Å². The molecule has 5 rings (SSSR count). The molecule has 4 heterocycles. The quantitative estimate of drug-likeness (QED) is 0.554. The Bertz CT molecular complexity index is 1190. The highest BCUT2D eigenvalue weighted by Gasteiger charge is 2.15. The molecular formula is C22H25N7O. The molecule has 1 saturated heterocycles. The predicted octanol–water partition coefficient (Wildman–Crippen LogP) is 3.84. The van der Waals surface area contributed by atoms with E-state index in [1.165, 1.54) is 0 Å². The second-order valence-electron chi connectivity index (χ2n) is 7.89. The van der Waals surface area contributed by atoms with Crippen LogP contribution in [0.25, 0.3) is 21.9 Å². The minimum absolute atomic E-state index is 0.293. The minimum Gasteiger partial charge on any atom is -0.378 e. The number of morpholine rings is 1. The van der Waals surface area contributed by atoms with Crippen LogP contribution < -0.4 is 10.2 Å². The van der Waals surface area contributed by atoms with E-state index in [-0.39, 0.29) is 0 Å². The van der Waals surface area contributed by atoms with Gasteiger partial charge in [-0.25, -0.2) is 19.9 Å². The number of nitrogens with one attached hydrogen (secondary N) is 1. The summed E-state index contributed by atoms with van der Waals surface area (Å²) in [4.78, 5) is 20.8. The summed E-state index contributed by atoms with van der Waals surface area (Å²) in [6, 6.07) is 6.42. The number of nitrogens with zero attached hydrogens (tertiary/aromatic N) is 6. The van der Waals surface area contributed by atoms with Gasteiger partial charge < -0.3 is 19.5 Å². The average Bonchev–Trinajstić information content (AvgIpc) is 3.19. The van der Waals surface area contributed by atoms with Crippen LogP contribution in [0.2, 0.25) is 0 Å². The lowest BCUT2D eigenvalue weighted by Crippen LogP contribution is -2.36. The number of benzene rings is 1.